The molecule has 1 aliphatic heterocycles. The van der Waals surface area contributed by atoms with Crippen LogP contribution in [0, 0.1) is 0 Å². The monoisotopic (exact) mass is 578 g/mol. The van der Waals surface area contributed by atoms with Gasteiger partial charge in [0.15, 0.2) is 5.78 Å². The van der Waals surface area contributed by atoms with Crippen LogP contribution >= 0.6 is 11.6 Å². The largest absolute Gasteiger partial charge is 0.543 e. The topological polar surface area (TPSA) is 61.8 Å². The summed E-state index contributed by atoms with van der Waals surface area (Å²) in [6, 6.07) is 1.75. The molecular weight excluding hydrogens is 532 g/mol. The highest BCUT2D eigenvalue weighted by atomic mass is 35.5. The molecule has 0 aromatic heterocycles. The van der Waals surface area contributed by atoms with E-state index >= 15 is 0 Å². The van der Waals surface area contributed by atoms with E-state index in [1.54, 1.807) is 12.1 Å². The van der Waals surface area contributed by atoms with Crippen molar-refractivity contribution in [3.8, 4) is 11.5 Å². The number of esters is 1. The summed E-state index contributed by atoms with van der Waals surface area (Å²) in [5.41, 5.74) is 0.619. The minimum absolute atomic E-state index is 0.0491. The third-order valence-electron chi connectivity index (χ3n) is 7.94. The van der Waals surface area contributed by atoms with Crippen molar-refractivity contribution in [3.63, 3.8) is 0 Å². The molecule has 38 heavy (non-hydrogen) atoms. The van der Waals surface area contributed by atoms with E-state index in [1.165, 1.54) is 0 Å². The van der Waals surface area contributed by atoms with Gasteiger partial charge in [0.2, 0.25) is 0 Å². The van der Waals surface area contributed by atoms with Crippen molar-refractivity contribution in [2.45, 2.75) is 117 Å². The molecule has 0 saturated carbocycles. The predicted octanol–water partition coefficient (Wildman–Crippen LogP) is 9.06. The lowest BCUT2D eigenvalue weighted by Gasteiger charge is -2.39. The molecule has 212 valence electrons. The van der Waals surface area contributed by atoms with Crippen LogP contribution in [0.2, 0.25) is 41.3 Å². The van der Waals surface area contributed by atoms with Gasteiger partial charge in [0.25, 0.3) is 16.6 Å². The fraction of sp³-hybridized carbons (Fsp3) is 0.600. The Bertz CT molecular complexity index is 1090. The first-order valence-electron chi connectivity index (χ1n) is 13.6. The molecule has 0 saturated heterocycles. The minimum atomic E-state index is -2.39. The number of carbonyl (C=O) groups is 2. The number of rotatable bonds is 4. The van der Waals surface area contributed by atoms with Gasteiger partial charge in [-0.3, -0.25) is 4.79 Å². The zero-order chi connectivity index (χ0) is 29.1. The van der Waals surface area contributed by atoms with Crippen LogP contribution in [0.3, 0.4) is 0 Å². The third-order valence-corrected chi connectivity index (χ3v) is 17.0. The molecular formula is C30H47ClO5Si2. The number of carbonyl (C=O) groups excluding carboxylic acids is 2. The SMILES string of the molecule is C[C@@H]1C/C=C\CC/C=C\C(=O)Cc2c(Cl)c(O[Si](C)(C)C(C)(C)C)cc(O[Si](C)(C)C(C)(C)C)c2C(=O)O1. The average molecular weight is 579 g/mol. The molecule has 0 aliphatic carbocycles. The highest BCUT2D eigenvalue weighted by Gasteiger charge is 2.43. The smallest absolute Gasteiger partial charge is 0.342 e. The molecule has 1 aromatic carbocycles. The maximum Gasteiger partial charge on any atom is 0.342 e. The van der Waals surface area contributed by atoms with E-state index in [4.69, 9.17) is 25.2 Å². The summed E-state index contributed by atoms with van der Waals surface area (Å²) in [6.07, 6.45) is 9.28. The Kier molecular flexibility index (Phi) is 10.3. The van der Waals surface area contributed by atoms with Crippen LogP contribution in [0.4, 0.5) is 0 Å². The van der Waals surface area contributed by atoms with E-state index in [1.807, 2.05) is 25.2 Å². The number of benzene rings is 1. The Morgan fingerprint density at radius 1 is 0.868 bits per heavy atom. The van der Waals surface area contributed by atoms with E-state index in [-0.39, 0.29) is 39.0 Å². The standard InChI is InChI=1S/C30H47ClO5Si2/c1-21-17-15-13-12-14-16-18-22(32)19-23-26(28(33)34-21)24(35-37(8,9)29(2,3)4)20-25(27(23)31)36-38(10,11)30(5,6)7/h13,15-16,18,20-21H,12,14,17,19H2,1-11H3/b15-13-,18-16-/t21-/m1/s1. The van der Waals surface area contributed by atoms with Gasteiger partial charge in [-0.1, -0.05) is 71.4 Å². The van der Waals surface area contributed by atoms with E-state index < -0.39 is 22.6 Å². The van der Waals surface area contributed by atoms with Crippen LogP contribution < -0.4 is 8.85 Å². The van der Waals surface area contributed by atoms with Crippen molar-refractivity contribution < 1.29 is 23.2 Å². The summed E-state index contributed by atoms with van der Waals surface area (Å²) < 4.78 is 19.3. The van der Waals surface area contributed by atoms with Gasteiger partial charge >= 0.3 is 5.97 Å². The lowest BCUT2D eigenvalue weighted by Crippen LogP contribution is -2.45. The predicted molar refractivity (Wildman–Crippen MR) is 163 cm³/mol. The Morgan fingerprint density at radius 3 is 1.95 bits per heavy atom. The van der Waals surface area contributed by atoms with Crippen LogP contribution in [0.5, 0.6) is 11.5 Å². The molecule has 0 radical (unpaired) electrons. The molecule has 0 fully saturated rings. The molecule has 1 aliphatic rings. The highest BCUT2D eigenvalue weighted by Crippen LogP contribution is 2.46. The molecule has 0 spiro atoms. The van der Waals surface area contributed by atoms with Gasteiger partial charge in [0.1, 0.15) is 23.2 Å². The van der Waals surface area contributed by atoms with Crippen molar-refractivity contribution in [1.29, 1.82) is 0 Å². The zero-order valence-corrected chi connectivity index (χ0v) is 28.0. The summed E-state index contributed by atoms with van der Waals surface area (Å²) in [7, 11) is -4.70. The zero-order valence-electron chi connectivity index (χ0n) is 25.2. The Morgan fingerprint density at radius 2 is 1.39 bits per heavy atom. The van der Waals surface area contributed by atoms with Crippen LogP contribution in [0.25, 0.3) is 0 Å². The van der Waals surface area contributed by atoms with Crippen LogP contribution in [-0.2, 0) is 16.0 Å². The van der Waals surface area contributed by atoms with Gasteiger partial charge in [-0.15, -0.1) is 0 Å². The first-order chi connectivity index (χ1) is 17.3. The van der Waals surface area contributed by atoms with E-state index in [2.05, 4.69) is 67.7 Å². The van der Waals surface area contributed by atoms with E-state index in [9.17, 15) is 9.59 Å². The van der Waals surface area contributed by atoms with Gasteiger partial charge in [0.05, 0.1) is 5.02 Å². The number of allylic oxidation sites excluding steroid dienone is 3. The first-order valence-corrected chi connectivity index (χ1v) is 19.7. The second kappa shape index (κ2) is 12.1. The summed E-state index contributed by atoms with van der Waals surface area (Å²) in [5.74, 6) is 0.149. The van der Waals surface area contributed by atoms with Gasteiger partial charge in [-0.05, 0) is 62.1 Å². The number of fused-ring (bicyclic) bond motifs is 1. The van der Waals surface area contributed by atoms with E-state index in [0.717, 1.165) is 12.8 Å². The van der Waals surface area contributed by atoms with Gasteiger partial charge in [0, 0.05) is 24.5 Å². The fourth-order valence-corrected chi connectivity index (χ4v) is 5.75. The maximum absolute atomic E-state index is 13.7. The average Bonchev–Trinajstić information content (AvgIpc) is 2.73. The lowest BCUT2D eigenvalue weighted by molar-refractivity contribution is -0.114. The second-order valence-electron chi connectivity index (χ2n) is 13.3. The molecule has 2 rings (SSSR count). The molecule has 0 N–H and O–H groups in total. The normalized spacial score (nSPS) is 20.2. The first kappa shape index (κ1) is 32.4. The van der Waals surface area contributed by atoms with Crippen LogP contribution in [-0.4, -0.2) is 34.5 Å². The summed E-state index contributed by atoms with van der Waals surface area (Å²) in [5, 5.41) is 0.0667. The van der Waals surface area contributed by atoms with Crippen LogP contribution in [0.15, 0.2) is 30.4 Å². The van der Waals surface area contributed by atoms with Crippen molar-refractivity contribution >= 4 is 40.0 Å². The summed E-state index contributed by atoms with van der Waals surface area (Å²) >= 11 is 6.99. The Hall–Kier alpha value is -1.84. The number of halogens is 1. The second-order valence-corrected chi connectivity index (χ2v) is 23.1. The number of ether oxygens (including phenoxy) is 1. The molecule has 8 heteroatoms. The van der Waals surface area contributed by atoms with Crippen molar-refractivity contribution in [1.82, 2.24) is 0 Å². The Labute approximate surface area is 237 Å². The molecule has 1 aromatic rings. The van der Waals surface area contributed by atoms with Crippen LogP contribution in [0.1, 0.15) is 83.7 Å². The van der Waals surface area contributed by atoms with Crippen molar-refractivity contribution in [2.75, 3.05) is 0 Å². The molecule has 5 nitrogen and oxygen atoms in total. The molecule has 0 unspecified atom stereocenters. The summed E-state index contributed by atoms with van der Waals surface area (Å²) in [6.45, 7) is 23.3. The maximum atomic E-state index is 13.7. The minimum Gasteiger partial charge on any atom is -0.543 e. The third kappa shape index (κ3) is 8.09. The fourth-order valence-electron chi connectivity index (χ4n) is 3.40. The Balaban J connectivity index is 2.84. The molecule has 0 amide bonds. The molecule has 0 bridgehead atoms. The molecule has 1 heterocycles. The van der Waals surface area contributed by atoms with Gasteiger partial charge in [-0.2, -0.15) is 0 Å². The quantitative estimate of drug-likeness (QED) is 0.202. The molecule has 1 atom stereocenters. The lowest BCUT2D eigenvalue weighted by atomic mass is 9.99. The number of hydrogen-bond donors (Lipinski definition) is 0. The van der Waals surface area contributed by atoms with Gasteiger partial charge < -0.3 is 13.6 Å². The van der Waals surface area contributed by atoms with Crippen molar-refractivity contribution in [2.24, 2.45) is 0 Å². The number of ketones is 1. The summed E-state index contributed by atoms with van der Waals surface area (Å²) in [4.78, 5) is 26.8. The van der Waals surface area contributed by atoms with Gasteiger partial charge in [-0.25, -0.2) is 4.79 Å². The van der Waals surface area contributed by atoms with Crippen molar-refractivity contribution in [3.05, 3.63) is 46.5 Å². The number of hydrogen-bond acceptors (Lipinski definition) is 5. The van der Waals surface area contributed by atoms with E-state index in [0.29, 0.717) is 23.5 Å². The highest BCUT2D eigenvalue weighted by molar-refractivity contribution is 6.75. The number of cyclic esters (lactones) is 1.